The Hall–Kier alpha value is -1.85. The van der Waals surface area contributed by atoms with Crippen molar-refractivity contribution in [3.63, 3.8) is 0 Å². The van der Waals surface area contributed by atoms with Crippen molar-refractivity contribution in [3.8, 4) is 11.3 Å². The average molecular weight is 346 g/mol. The maximum Gasteiger partial charge on any atom is 0.258 e. The second-order valence-electron chi connectivity index (χ2n) is 6.43. The summed E-state index contributed by atoms with van der Waals surface area (Å²) < 4.78 is 5.88. The van der Waals surface area contributed by atoms with Gasteiger partial charge in [0.15, 0.2) is 0 Å². The molecule has 2 aliphatic rings. The average Bonchev–Trinajstić information content (AvgIpc) is 3.10. The van der Waals surface area contributed by atoms with Crippen molar-refractivity contribution in [3.05, 3.63) is 41.0 Å². The van der Waals surface area contributed by atoms with E-state index in [-0.39, 0.29) is 18.1 Å². The number of nitrogens with one attached hydrogen (secondary N) is 1. The number of rotatable bonds is 2. The molecule has 1 aliphatic heterocycles. The molecule has 6 heteroatoms. The summed E-state index contributed by atoms with van der Waals surface area (Å²) in [5.41, 5.74) is 2.20. The molecule has 0 radical (unpaired) electrons. The number of nitrogens with zero attached hydrogens (tertiary/aromatic N) is 2. The van der Waals surface area contributed by atoms with Crippen LogP contribution in [0.4, 0.5) is 0 Å². The molecule has 2 aromatic rings. The molecule has 1 saturated carbocycles. The van der Waals surface area contributed by atoms with Crippen LogP contribution in [0.5, 0.6) is 0 Å². The molecule has 4 rings (SSSR count). The highest BCUT2D eigenvalue weighted by molar-refractivity contribution is 6.30. The second-order valence-corrected chi connectivity index (χ2v) is 6.87. The van der Waals surface area contributed by atoms with Gasteiger partial charge < -0.3 is 9.64 Å². The third-order valence-electron chi connectivity index (χ3n) is 4.98. The van der Waals surface area contributed by atoms with Gasteiger partial charge in [0.1, 0.15) is 0 Å². The van der Waals surface area contributed by atoms with Gasteiger partial charge in [0.2, 0.25) is 0 Å². The van der Waals surface area contributed by atoms with Crippen LogP contribution in [-0.2, 0) is 4.74 Å². The number of H-pyrrole nitrogens is 1. The van der Waals surface area contributed by atoms with Crippen LogP contribution >= 0.6 is 11.6 Å². The van der Waals surface area contributed by atoms with Crippen molar-refractivity contribution < 1.29 is 9.53 Å². The van der Waals surface area contributed by atoms with Crippen molar-refractivity contribution in [1.82, 2.24) is 15.1 Å². The summed E-state index contributed by atoms with van der Waals surface area (Å²) in [6.45, 7) is 1.25. The number of aromatic nitrogens is 2. The van der Waals surface area contributed by atoms with Crippen molar-refractivity contribution in [2.24, 2.45) is 0 Å². The standard InChI is InChI=1S/C18H20ClN3O2/c19-13-5-3-4-12(10-13)17-14(11-20-21-17)18(23)22-8-9-24-16-7-2-1-6-15(16)22/h3-5,10-11,15-16H,1-2,6-9H2,(H,20,21). The summed E-state index contributed by atoms with van der Waals surface area (Å²) >= 11 is 6.09. The van der Waals surface area contributed by atoms with E-state index in [0.717, 1.165) is 30.5 Å². The molecule has 2 heterocycles. The number of benzene rings is 1. The first-order chi connectivity index (χ1) is 11.7. The molecule has 2 fully saturated rings. The summed E-state index contributed by atoms with van der Waals surface area (Å²) in [5.74, 6) is 0.0268. The maximum absolute atomic E-state index is 13.2. The summed E-state index contributed by atoms with van der Waals surface area (Å²) in [6, 6.07) is 7.64. The first-order valence-corrected chi connectivity index (χ1v) is 8.84. The minimum absolute atomic E-state index is 0.0268. The van der Waals surface area contributed by atoms with Gasteiger partial charge in [-0.25, -0.2) is 0 Å². The summed E-state index contributed by atoms with van der Waals surface area (Å²) in [6.07, 6.45) is 6.19. The molecule has 1 aromatic heterocycles. The lowest BCUT2D eigenvalue weighted by atomic mass is 9.89. The highest BCUT2D eigenvalue weighted by atomic mass is 35.5. The van der Waals surface area contributed by atoms with Crippen LogP contribution in [0.3, 0.4) is 0 Å². The molecule has 24 heavy (non-hydrogen) atoms. The quantitative estimate of drug-likeness (QED) is 0.906. The van der Waals surface area contributed by atoms with Gasteiger partial charge in [0.05, 0.1) is 36.2 Å². The SMILES string of the molecule is O=C(c1cn[nH]c1-c1cccc(Cl)c1)N1CCOC2CCCCC21. The monoisotopic (exact) mass is 345 g/mol. The Morgan fingerprint density at radius 2 is 2.21 bits per heavy atom. The zero-order valence-corrected chi connectivity index (χ0v) is 14.1. The molecule has 5 nitrogen and oxygen atoms in total. The maximum atomic E-state index is 13.2. The van der Waals surface area contributed by atoms with E-state index < -0.39 is 0 Å². The van der Waals surface area contributed by atoms with Crippen molar-refractivity contribution in [2.75, 3.05) is 13.2 Å². The molecular weight excluding hydrogens is 326 g/mol. The number of carbonyl (C=O) groups excluding carboxylic acids is 1. The van der Waals surface area contributed by atoms with Crippen LogP contribution in [0.15, 0.2) is 30.5 Å². The van der Waals surface area contributed by atoms with Gasteiger partial charge in [-0.15, -0.1) is 0 Å². The van der Waals surface area contributed by atoms with E-state index in [9.17, 15) is 4.79 Å². The van der Waals surface area contributed by atoms with E-state index in [1.165, 1.54) is 6.42 Å². The number of amides is 1. The largest absolute Gasteiger partial charge is 0.374 e. The highest BCUT2D eigenvalue weighted by Crippen LogP contribution is 2.31. The Morgan fingerprint density at radius 1 is 1.33 bits per heavy atom. The lowest BCUT2D eigenvalue weighted by Crippen LogP contribution is -2.54. The minimum Gasteiger partial charge on any atom is -0.374 e. The molecule has 0 spiro atoms. The lowest BCUT2D eigenvalue weighted by Gasteiger charge is -2.43. The van der Waals surface area contributed by atoms with Crippen LogP contribution in [0.1, 0.15) is 36.0 Å². The van der Waals surface area contributed by atoms with Gasteiger partial charge in [-0.2, -0.15) is 5.10 Å². The third kappa shape index (κ3) is 2.82. The van der Waals surface area contributed by atoms with Gasteiger partial charge >= 0.3 is 0 Å². The van der Waals surface area contributed by atoms with Gasteiger partial charge in [0, 0.05) is 17.1 Å². The Balaban J connectivity index is 1.64. The Morgan fingerprint density at radius 3 is 3.08 bits per heavy atom. The molecular formula is C18H20ClN3O2. The minimum atomic E-state index is 0.0268. The van der Waals surface area contributed by atoms with Crippen LogP contribution in [0.25, 0.3) is 11.3 Å². The number of aromatic amines is 1. The van der Waals surface area contributed by atoms with Crippen LogP contribution in [-0.4, -0.2) is 46.3 Å². The van der Waals surface area contributed by atoms with Gasteiger partial charge in [-0.1, -0.05) is 36.6 Å². The Labute approximate surface area is 145 Å². The normalized spacial score (nSPS) is 23.8. The van der Waals surface area contributed by atoms with Crippen LogP contribution < -0.4 is 0 Å². The number of hydrogen-bond acceptors (Lipinski definition) is 3. The molecule has 0 bridgehead atoms. The topological polar surface area (TPSA) is 58.2 Å². The first-order valence-electron chi connectivity index (χ1n) is 8.46. The van der Waals surface area contributed by atoms with Crippen molar-refractivity contribution in [2.45, 2.75) is 37.8 Å². The van der Waals surface area contributed by atoms with E-state index in [1.807, 2.05) is 29.2 Å². The van der Waals surface area contributed by atoms with Gasteiger partial charge in [-0.05, 0) is 25.0 Å². The van der Waals surface area contributed by atoms with Crippen LogP contribution in [0, 0.1) is 0 Å². The number of fused-ring (bicyclic) bond motifs is 1. The zero-order chi connectivity index (χ0) is 16.5. The number of ether oxygens (including phenoxy) is 1. The zero-order valence-electron chi connectivity index (χ0n) is 13.4. The fourth-order valence-electron chi connectivity index (χ4n) is 3.82. The van der Waals surface area contributed by atoms with Gasteiger partial charge in [-0.3, -0.25) is 9.89 Å². The first kappa shape index (κ1) is 15.7. The summed E-state index contributed by atoms with van der Waals surface area (Å²) in [5, 5.41) is 7.69. The molecule has 126 valence electrons. The van der Waals surface area contributed by atoms with E-state index in [0.29, 0.717) is 23.7 Å². The predicted molar refractivity (Wildman–Crippen MR) is 92.1 cm³/mol. The molecule has 1 saturated heterocycles. The van der Waals surface area contributed by atoms with Gasteiger partial charge in [0.25, 0.3) is 5.91 Å². The van der Waals surface area contributed by atoms with Crippen molar-refractivity contribution >= 4 is 17.5 Å². The van der Waals surface area contributed by atoms with E-state index in [1.54, 1.807) is 6.20 Å². The van der Waals surface area contributed by atoms with E-state index in [2.05, 4.69) is 10.2 Å². The number of halogens is 1. The van der Waals surface area contributed by atoms with Crippen molar-refractivity contribution in [1.29, 1.82) is 0 Å². The third-order valence-corrected chi connectivity index (χ3v) is 5.21. The summed E-state index contributed by atoms with van der Waals surface area (Å²) in [7, 11) is 0. The fourth-order valence-corrected chi connectivity index (χ4v) is 4.01. The lowest BCUT2D eigenvalue weighted by molar-refractivity contribution is -0.0752. The molecule has 1 amide bonds. The smallest absolute Gasteiger partial charge is 0.258 e. The molecule has 2 atom stereocenters. The molecule has 1 aliphatic carbocycles. The highest BCUT2D eigenvalue weighted by Gasteiger charge is 2.37. The Bertz CT molecular complexity index is 743. The Kier molecular flexibility index (Phi) is 4.29. The van der Waals surface area contributed by atoms with E-state index >= 15 is 0 Å². The molecule has 1 N–H and O–H groups in total. The molecule has 1 aromatic carbocycles. The second kappa shape index (κ2) is 6.57. The number of morpholine rings is 1. The predicted octanol–water partition coefficient (Wildman–Crippen LogP) is 3.51. The number of hydrogen-bond donors (Lipinski definition) is 1. The molecule has 2 unspecified atom stereocenters. The summed E-state index contributed by atoms with van der Waals surface area (Å²) in [4.78, 5) is 15.2. The van der Waals surface area contributed by atoms with Crippen LogP contribution in [0.2, 0.25) is 5.02 Å². The number of carbonyl (C=O) groups is 1. The fraction of sp³-hybridized carbons (Fsp3) is 0.444. The van der Waals surface area contributed by atoms with E-state index in [4.69, 9.17) is 16.3 Å².